The summed E-state index contributed by atoms with van der Waals surface area (Å²) in [6.45, 7) is 4.48. The maximum atomic E-state index is 10.6. The number of benzene rings is 1. The lowest BCUT2D eigenvalue weighted by Crippen LogP contribution is -2.39. The van der Waals surface area contributed by atoms with Crippen molar-refractivity contribution < 1.29 is 9.84 Å². The Hall–Kier alpha value is -1.02. The van der Waals surface area contributed by atoms with E-state index in [0.717, 1.165) is 24.5 Å². The predicted molar refractivity (Wildman–Crippen MR) is 88.2 cm³/mol. The Labute approximate surface area is 133 Å². The maximum absolute atomic E-state index is 10.6. The zero-order valence-corrected chi connectivity index (χ0v) is 14.1. The second-order valence-corrected chi connectivity index (χ2v) is 8.55. The molecule has 2 fully saturated rings. The second kappa shape index (κ2) is 4.74. The van der Waals surface area contributed by atoms with Gasteiger partial charge in [-0.1, -0.05) is 13.0 Å². The SMILES string of the molecule is COc1ccc2c(c1)CCC1C2CCC2(C)CC(C)(O)CC12. The largest absolute Gasteiger partial charge is 0.497 e. The van der Waals surface area contributed by atoms with Gasteiger partial charge in [-0.2, -0.15) is 0 Å². The van der Waals surface area contributed by atoms with Gasteiger partial charge in [-0.15, -0.1) is 0 Å². The molecule has 5 unspecified atom stereocenters. The van der Waals surface area contributed by atoms with Crippen molar-refractivity contribution in [3.05, 3.63) is 29.3 Å². The third-order valence-electron chi connectivity index (χ3n) is 6.90. The number of rotatable bonds is 1. The first-order chi connectivity index (χ1) is 10.4. The van der Waals surface area contributed by atoms with Crippen molar-refractivity contribution in [1.29, 1.82) is 0 Å². The molecule has 5 atom stereocenters. The minimum absolute atomic E-state index is 0.356. The van der Waals surface area contributed by atoms with Crippen LogP contribution in [0, 0.1) is 17.3 Å². The molecular formula is C20H28O2. The number of hydrogen-bond donors (Lipinski definition) is 1. The Morgan fingerprint density at radius 1 is 1.23 bits per heavy atom. The summed E-state index contributed by atoms with van der Waals surface area (Å²) < 4.78 is 5.40. The number of ether oxygens (including phenoxy) is 1. The molecule has 1 aromatic carbocycles. The van der Waals surface area contributed by atoms with E-state index in [-0.39, 0.29) is 0 Å². The van der Waals surface area contributed by atoms with Gasteiger partial charge < -0.3 is 9.84 Å². The van der Waals surface area contributed by atoms with Crippen molar-refractivity contribution >= 4 is 0 Å². The summed E-state index contributed by atoms with van der Waals surface area (Å²) in [6, 6.07) is 6.67. The molecule has 0 aromatic heterocycles. The summed E-state index contributed by atoms with van der Waals surface area (Å²) in [7, 11) is 1.75. The molecular weight excluding hydrogens is 272 g/mol. The predicted octanol–water partition coefficient (Wildman–Crippen LogP) is 4.30. The maximum Gasteiger partial charge on any atom is 0.119 e. The molecule has 2 heteroatoms. The van der Waals surface area contributed by atoms with Crippen molar-refractivity contribution in [2.45, 2.75) is 63.9 Å². The minimum atomic E-state index is -0.450. The van der Waals surface area contributed by atoms with E-state index >= 15 is 0 Å². The quantitative estimate of drug-likeness (QED) is 0.838. The van der Waals surface area contributed by atoms with Gasteiger partial charge in [0.15, 0.2) is 0 Å². The molecule has 0 radical (unpaired) electrons. The topological polar surface area (TPSA) is 29.5 Å². The van der Waals surface area contributed by atoms with Crippen LogP contribution in [0.3, 0.4) is 0 Å². The average Bonchev–Trinajstić information content (AvgIpc) is 2.74. The molecule has 0 saturated heterocycles. The first-order valence-corrected chi connectivity index (χ1v) is 8.81. The number of fused-ring (bicyclic) bond motifs is 5. The summed E-state index contributed by atoms with van der Waals surface area (Å²) in [4.78, 5) is 0. The lowest BCUT2D eigenvalue weighted by molar-refractivity contribution is 0.0511. The van der Waals surface area contributed by atoms with Crippen LogP contribution >= 0.6 is 0 Å². The number of hydrogen-bond acceptors (Lipinski definition) is 2. The van der Waals surface area contributed by atoms with Crippen molar-refractivity contribution in [3.63, 3.8) is 0 Å². The molecule has 22 heavy (non-hydrogen) atoms. The molecule has 0 aliphatic heterocycles. The smallest absolute Gasteiger partial charge is 0.119 e. The van der Waals surface area contributed by atoms with Crippen LogP contribution in [0.15, 0.2) is 18.2 Å². The highest BCUT2D eigenvalue weighted by atomic mass is 16.5. The standard InChI is InChI=1S/C20H28O2/c1-19-9-8-16-15-7-5-14(22-3)10-13(15)4-6-17(16)18(19)11-20(2,21)12-19/h5,7,10,16-18,21H,4,6,8-9,11-12H2,1-3H3. The van der Waals surface area contributed by atoms with Gasteiger partial charge in [-0.3, -0.25) is 0 Å². The summed E-state index contributed by atoms with van der Waals surface area (Å²) >= 11 is 0. The van der Waals surface area contributed by atoms with E-state index in [4.69, 9.17) is 4.74 Å². The fourth-order valence-electron chi connectivity index (χ4n) is 6.11. The number of methoxy groups -OCH3 is 1. The molecule has 3 aliphatic rings. The van der Waals surface area contributed by atoms with Crippen molar-refractivity contribution in [1.82, 2.24) is 0 Å². The number of aliphatic hydroxyl groups is 1. The van der Waals surface area contributed by atoms with Gasteiger partial charge >= 0.3 is 0 Å². The van der Waals surface area contributed by atoms with Crippen LogP contribution in [0.2, 0.25) is 0 Å². The monoisotopic (exact) mass is 300 g/mol. The average molecular weight is 300 g/mol. The van der Waals surface area contributed by atoms with E-state index in [1.54, 1.807) is 12.7 Å². The van der Waals surface area contributed by atoms with Gasteiger partial charge in [0, 0.05) is 0 Å². The Balaban J connectivity index is 1.68. The normalized spacial score (nSPS) is 43.2. The van der Waals surface area contributed by atoms with Crippen molar-refractivity contribution in [2.75, 3.05) is 7.11 Å². The Bertz CT molecular complexity index is 591. The van der Waals surface area contributed by atoms with Crippen LogP contribution in [0.5, 0.6) is 5.75 Å². The summed E-state index contributed by atoms with van der Waals surface area (Å²) in [6.07, 6.45) is 6.98. The van der Waals surface area contributed by atoms with Crippen molar-refractivity contribution in [3.8, 4) is 5.75 Å². The van der Waals surface area contributed by atoms with E-state index in [2.05, 4.69) is 25.1 Å². The van der Waals surface area contributed by atoms with E-state index in [9.17, 15) is 5.11 Å². The van der Waals surface area contributed by atoms with Gasteiger partial charge in [0.25, 0.3) is 0 Å². The second-order valence-electron chi connectivity index (χ2n) is 8.55. The third kappa shape index (κ3) is 2.11. The highest BCUT2D eigenvalue weighted by molar-refractivity contribution is 5.40. The van der Waals surface area contributed by atoms with Gasteiger partial charge in [-0.05, 0) is 91.9 Å². The molecule has 3 aliphatic carbocycles. The van der Waals surface area contributed by atoms with Crippen LogP contribution in [-0.2, 0) is 6.42 Å². The lowest BCUT2D eigenvalue weighted by atomic mass is 9.56. The van der Waals surface area contributed by atoms with E-state index in [1.165, 1.54) is 31.2 Å². The fraction of sp³-hybridized carbons (Fsp3) is 0.700. The summed E-state index contributed by atoms with van der Waals surface area (Å²) in [5.74, 6) is 3.13. The molecule has 4 rings (SSSR count). The molecule has 120 valence electrons. The van der Waals surface area contributed by atoms with Gasteiger partial charge in [0.05, 0.1) is 12.7 Å². The highest BCUT2D eigenvalue weighted by Gasteiger charge is 2.56. The van der Waals surface area contributed by atoms with Gasteiger partial charge in [0.1, 0.15) is 5.75 Å². The first kappa shape index (κ1) is 14.6. The van der Waals surface area contributed by atoms with Gasteiger partial charge in [-0.25, -0.2) is 0 Å². The van der Waals surface area contributed by atoms with Gasteiger partial charge in [0.2, 0.25) is 0 Å². The van der Waals surface area contributed by atoms with Crippen LogP contribution in [0.4, 0.5) is 0 Å². The Kier molecular flexibility index (Phi) is 3.14. The van der Waals surface area contributed by atoms with E-state index in [1.807, 2.05) is 6.92 Å². The molecule has 0 bridgehead atoms. The molecule has 2 saturated carbocycles. The molecule has 0 spiro atoms. The lowest BCUT2D eigenvalue weighted by Gasteiger charge is -2.49. The molecule has 0 heterocycles. The summed E-state index contributed by atoms with van der Waals surface area (Å²) in [5.41, 5.74) is 2.96. The zero-order valence-electron chi connectivity index (χ0n) is 14.1. The Morgan fingerprint density at radius 2 is 2.05 bits per heavy atom. The van der Waals surface area contributed by atoms with Crippen molar-refractivity contribution in [2.24, 2.45) is 17.3 Å². The first-order valence-electron chi connectivity index (χ1n) is 8.81. The van der Waals surface area contributed by atoms with Crippen LogP contribution in [0.1, 0.15) is 63.0 Å². The highest BCUT2D eigenvalue weighted by Crippen LogP contribution is 2.63. The molecule has 2 nitrogen and oxygen atoms in total. The van der Waals surface area contributed by atoms with Crippen LogP contribution in [0.25, 0.3) is 0 Å². The van der Waals surface area contributed by atoms with E-state index in [0.29, 0.717) is 17.3 Å². The molecule has 0 amide bonds. The molecule has 1 N–H and O–H groups in total. The summed E-state index contributed by atoms with van der Waals surface area (Å²) in [5, 5.41) is 10.6. The minimum Gasteiger partial charge on any atom is -0.497 e. The number of aryl methyl sites for hydroxylation is 1. The fourth-order valence-corrected chi connectivity index (χ4v) is 6.11. The third-order valence-corrected chi connectivity index (χ3v) is 6.90. The zero-order chi connectivity index (χ0) is 15.5. The Morgan fingerprint density at radius 3 is 2.82 bits per heavy atom. The van der Waals surface area contributed by atoms with E-state index < -0.39 is 5.60 Å². The molecule has 1 aromatic rings. The van der Waals surface area contributed by atoms with Crippen LogP contribution < -0.4 is 4.74 Å². The van der Waals surface area contributed by atoms with Crippen LogP contribution in [-0.4, -0.2) is 17.8 Å².